The van der Waals surface area contributed by atoms with Gasteiger partial charge in [-0.2, -0.15) is 0 Å². The van der Waals surface area contributed by atoms with E-state index in [1.807, 2.05) is 115 Å². The summed E-state index contributed by atoms with van der Waals surface area (Å²) in [4.78, 5) is 39.6. The molecule has 0 aliphatic heterocycles. The molecule has 0 spiro atoms. The molecule has 1 atom stereocenters. The first kappa shape index (κ1) is 36.8. The Hall–Kier alpha value is -7.13. The average Bonchev–Trinajstić information content (AvgIpc) is 3.89. The Morgan fingerprint density at radius 3 is 1.79 bits per heavy atom. The molecule has 7 aromatic rings. The number of aromatic amines is 1. The second-order valence-corrected chi connectivity index (χ2v) is 14.1. The predicted octanol–water partition coefficient (Wildman–Crippen LogP) is 8.33. The van der Waals surface area contributed by atoms with Gasteiger partial charge in [0.15, 0.2) is 11.5 Å². The number of nitrogens with one attached hydrogen (secondary N) is 2. The number of rotatable bonds is 13. The second kappa shape index (κ2) is 16.3. The number of benzene rings is 6. The van der Waals surface area contributed by atoms with E-state index in [2.05, 4.69) is 39.6 Å². The van der Waals surface area contributed by atoms with Gasteiger partial charge in [-0.25, -0.2) is 9.78 Å². The Morgan fingerprint density at radius 2 is 1.26 bits per heavy atom. The lowest BCUT2D eigenvalue weighted by Gasteiger charge is -2.47. The van der Waals surface area contributed by atoms with Crippen molar-refractivity contribution in [3.8, 4) is 22.6 Å². The van der Waals surface area contributed by atoms with E-state index in [1.165, 1.54) is 12.1 Å². The fourth-order valence-corrected chi connectivity index (χ4v) is 8.20. The predicted molar refractivity (Wildman–Crippen MR) is 219 cm³/mol. The van der Waals surface area contributed by atoms with E-state index >= 15 is 4.79 Å². The molecule has 1 heterocycles. The molecule has 57 heavy (non-hydrogen) atoms. The number of fused-ring (bicyclic) bond motifs is 3. The van der Waals surface area contributed by atoms with E-state index in [4.69, 9.17) is 4.74 Å². The van der Waals surface area contributed by atoms with Crippen molar-refractivity contribution < 1.29 is 24.5 Å². The van der Waals surface area contributed by atoms with Crippen LogP contribution < -0.4 is 5.32 Å². The van der Waals surface area contributed by atoms with Crippen LogP contribution in [0.25, 0.3) is 11.1 Å². The Morgan fingerprint density at radius 1 is 0.719 bits per heavy atom. The summed E-state index contributed by atoms with van der Waals surface area (Å²) in [7, 11) is 0. The largest absolute Gasteiger partial charge is 0.504 e. The lowest BCUT2D eigenvalue weighted by atomic mass is 9.74. The fraction of sp³-hybridized carbons (Fsp3) is 0.146. The fourth-order valence-electron chi connectivity index (χ4n) is 8.20. The average molecular weight is 755 g/mol. The van der Waals surface area contributed by atoms with Gasteiger partial charge in [-0.05, 0) is 63.1 Å². The maximum Gasteiger partial charge on any atom is 0.411 e. The van der Waals surface area contributed by atoms with Crippen molar-refractivity contribution in [1.82, 2.24) is 20.2 Å². The highest BCUT2D eigenvalue weighted by molar-refractivity contribution is 5.88. The van der Waals surface area contributed by atoms with Gasteiger partial charge in [0.2, 0.25) is 5.91 Å². The van der Waals surface area contributed by atoms with Crippen molar-refractivity contribution >= 4 is 12.0 Å². The lowest BCUT2D eigenvalue weighted by Crippen LogP contribution is -2.61. The minimum absolute atomic E-state index is 0.0422. The zero-order chi connectivity index (χ0) is 39.2. The van der Waals surface area contributed by atoms with E-state index in [1.54, 1.807) is 23.5 Å². The maximum atomic E-state index is 15.6. The van der Waals surface area contributed by atoms with Gasteiger partial charge in [0, 0.05) is 30.8 Å². The van der Waals surface area contributed by atoms with E-state index in [-0.39, 0.29) is 37.0 Å². The molecule has 0 saturated heterocycles. The highest BCUT2D eigenvalue weighted by Crippen LogP contribution is 2.47. The van der Waals surface area contributed by atoms with E-state index in [0.717, 1.165) is 44.5 Å². The number of phenols is 2. The van der Waals surface area contributed by atoms with Crippen LogP contribution in [0.2, 0.25) is 0 Å². The number of aromatic nitrogens is 2. The zero-order valence-electron chi connectivity index (χ0n) is 31.2. The molecule has 2 amide bonds. The molecule has 0 bridgehead atoms. The molecule has 0 saturated carbocycles. The van der Waals surface area contributed by atoms with E-state index in [0.29, 0.717) is 12.1 Å². The van der Waals surface area contributed by atoms with Crippen LogP contribution >= 0.6 is 0 Å². The molecule has 1 aliphatic rings. The minimum Gasteiger partial charge on any atom is -0.504 e. The van der Waals surface area contributed by atoms with Crippen molar-refractivity contribution in [2.45, 2.75) is 30.3 Å². The summed E-state index contributed by atoms with van der Waals surface area (Å²) in [6.45, 7) is 0.233. The summed E-state index contributed by atoms with van der Waals surface area (Å²) in [5.74, 6) is -1.09. The van der Waals surface area contributed by atoms with Crippen LogP contribution in [0.3, 0.4) is 0 Å². The molecule has 0 unspecified atom stereocenters. The van der Waals surface area contributed by atoms with Crippen LogP contribution in [-0.2, 0) is 27.9 Å². The monoisotopic (exact) mass is 754 g/mol. The highest BCUT2D eigenvalue weighted by Gasteiger charge is 2.51. The molecule has 284 valence electrons. The molecule has 6 aromatic carbocycles. The lowest BCUT2D eigenvalue weighted by molar-refractivity contribution is -0.127. The van der Waals surface area contributed by atoms with E-state index in [9.17, 15) is 15.0 Å². The summed E-state index contributed by atoms with van der Waals surface area (Å²) < 4.78 is 6.55. The number of imidazole rings is 1. The van der Waals surface area contributed by atoms with Crippen molar-refractivity contribution in [2.24, 2.45) is 0 Å². The summed E-state index contributed by atoms with van der Waals surface area (Å²) in [5, 5.41) is 23.1. The Balaban J connectivity index is 1.27. The summed E-state index contributed by atoms with van der Waals surface area (Å²) in [5.41, 5.74) is 6.66. The van der Waals surface area contributed by atoms with Gasteiger partial charge >= 0.3 is 6.09 Å². The quantitative estimate of drug-likeness (QED) is 0.0693. The van der Waals surface area contributed by atoms with Crippen molar-refractivity contribution in [2.75, 3.05) is 13.2 Å². The van der Waals surface area contributed by atoms with Gasteiger partial charge in [-0.15, -0.1) is 0 Å². The summed E-state index contributed by atoms with van der Waals surface area (Å²) in [6, 6.07) is 49.1. The third-order valence-corrected chi connectivity index (χ3v) is 10.8. The molecule has 0 radical (unpaired) electrons. The van der Waals surface area contributed by atoms with Gasteiger partial charge in [-0.1, -0.05) is 146 Å². The van der Waals surface area contributed by atoms with Crippen LogP contribution in [0.5, 0.6) is 11.5 Å². The SMILES string of the molecule is O=C(NCCc1ccc(O)c(O)c1)[C@H](Cc1cnc[nH]1)N(C(=O)OCC1c2ccccc2-c2ccccc21)C(c1ccccc1)(c1ccccc1)c1ccccc1. The maximum absolute atomic E-state index is 15.6. The first-order valence-electron chi connectivity index (χ1n) is 19.0. The molecule has 1 aliphatic carbocycles. The topological polar surface area (TPSA) is 128 Å². The van der Waals surface area contributed by atoms with Crippen molar-refractivity contribution in [3.63, 3.8) is 0 Å². The number of phenolic OH excluding ortho intramolecular Hbond substituents is 2. The number of aromatic hydroxyl groups is 2. The first-order valence-corrected chi connectivity index (χ1v) is 19.0. The second-order valence-electron chi connectivity index (χ2n) is 14.1. The minimum atomic E-state index is -1.36. The van der Waals surface area contributed by atoms with Crippen molar-refractivity contribution in [3.05, 3.63) is 209 Å². The van der Waals surface area contributed by atoms with Gasteiger partial charge in [0.05, 0.1) is 6.33 Å². The number of amides is 2. The molecule has 8 rings (SSSR count). The smallest absolute Gasteiger partial charge is 0.411 e. The molecule has 0 fully saturated rings. The highest BCUT2D eigenvalue weighted by atomic mass is 16.6. The third kappa shape index (κ3) is 7.23. The van der Waals surface area contributed by atoms with Crippen LogP contribution in [-0.4, -0.2) is 56.3 Å². The molecule has 4 N–H and O–H groups in total. The molecular weight excluding hydrogens is 713 g/mol. The standard InChI is InChI=1S/C48H42N4O5/c53-44-25-24-33(28-45(44)54)26-27-50-46(55)43(29-37-30-49-32-51-37)52(47(56)57-31-42-40-22-12-10-20-38(40)39-21-11-13-23-41(39)42)48(34-14-4-1-5-15-34,35-16-6-2-7-17-35)36-18-8-3-9-19-36/h1-25,28,30,32,42-43,53-54H,26-27,29,31H2,(H,49,51)(H,50,55)/t43-/m0/s1. The van der Waals surface area contributed by atoms with Crippen LogP contribution in [0, 0.1) is 0 Å². The molecular formula is C48H42N4O5. The molecule has 9 nitrogen and oxygen atoms in total. The molecule has 9 heteroatoms. The van der Waals surface area contributed by atoms with Crippen LogP contribution in [0.15, 0.2) is 170 Å². The number of nitrogens with zero attached hydrogens (tertiary/aromatic N) is 2. The first-order chi connectivity index (χ1) is 27.9. The number of carbonyl (C=O) groups excluding carboxylic acids is 2. The Kier molecular flexibility index (Phi) is 10.5. The number of ether oxygens (including phenoxy) is 1. The van der Waals surface area contributed by atoms with Crippen LogP contribution in [0.4, 0.5) is 4.79 Å². The van der Waals surface area contributed by atoms with Gasteiger partial charge in [0.25, 0.3) is 0 Å². The van der Waals surface area contributed by atoms with Crippen molar-refractivity contribution in [1.29, 1.82) is 0 Å². The number of carbonyl (C=O) groups is 2. The van der Waals surface area contributed by atoms with Crippen LogP contribution in [0.1, 0.15) is 45.0 Å². The van der Waals surface area contributed by atoms with Gasteiger partial charge in [-0.3, -0.25) is 9.69 Å². The number of hydrogen-bond donors (Lipinski definition) is 4. The Bertz CT molecular complexity index is 2310. The van der Waals surface area contributed by atoms with Gasteiger partial charge < -0.3 is 25.3 Å². The number of H-pyrrole nitrogens is 1. The Labute approximate surface area is 331 Å². The normalized spacial score (nSPS) is 12.6. The van der Waals surface area contributed by atoms with E-state index < -0.39 is 23.6 Å². The zero-order valence-corrected chi connectivity index (χ0v) is 31.2. The molecule has 1 aromatic heterocycles. The number of hydrogen-bond acceptors (Lipinski definition) is 6. The summed E-state index contributed by atoms with van der Waals surface area (Å²) >= 11 is 0. The summed E-state index contributed by atoms with van der Waals surface area (Å²) in [6.07, 6.45) is 2.99. The van der Waals surface area contributed by atoms with Gasteiger partial charge in [0.1, 0.15) is 18.2 Å². The third-order valence-electron chi connectivity index (χ3n) is 10.8.